The minimum absolute atomic E-state index is 0.106. The van der Waals surface area contributed by atoms with E-state index < -0.39 is 38.4 Å². The van der Waals surface area contributed by atoms with E-state index in [0.29, 0.717) is 0 Å². The molecule has 19 heavy (non-hydrogen) atoms. The SMILES string of the molecule is CCONc1c([N+](=O)[O-])cc(C(=O)O)cc1[N+](=O)[O-]. The average Bonchev–Trinajstić information content (AvgIpc) is 2.34. The van der Waals surface area contributed by atoms with Gasteiger partial charge in [0.25, 0.3) is 0 Å². The van der Waals surface area contributed by atoms with E-state index in [2.05, 4.69) is 5.48 Å². The summed E-state index contributed by atoms with van der Waals surface area (Å²) < 4.78 is 0. The van der Waals surface area contributed by atoms with Crippen molar-refractivity contribution in [3.8, 4) is 0 Å². The first kappa shape index (κ1) is 14.3. The van der Waals surface area contributed by atoms with Crippen LogP contribution in [-0.4, -0.2) is 27.5 Å². The lowest BCUT2D eigenvalue weighted by Gasteiger charge is -2.07. The number of benzene rings is 1. The molecular formula is C9H9N3O7. The summed E-state index contributed by atoms with van der Waals surface area (Å²) in [6.45, 7) is 1.67. The van der Waals surface area contributed by atoms with Gasteiger partial charge in [0, 0.05) is 12.1 Å². The van der Waals surface area contributed by atoms with Gasteiger partial charge in [-0.15, -0.1) is 0 Å². The van der Waals surface area contributed by atoms with Gasteiger partial charge in [0.1, 0.15) is 0 Å². The highest BCUT2D eigenvalue weighted by molar-refractivity contribution is 5.92. The van der Waals surface area contributed by atoms with Crippen LogP contribution in [0.15, 0.2) is 12.1 Å². The summed E-state index contributed by atoms with van der Waals surface area (Å²) in [6, 6.07) is 1.44. The van der Waals surface area contributed by atoms with Gasteiger partial charge in [-0.25, -0.2) is 4.79 Å². The normalized spacial score (nSPS) is 9.95. The topological polar surface area (TPSA) is 145 Å². The Morgan fingerprint density at radius 1 is 1.32 bits per heavy atom. The Bertz CT molecular complexity index is 508. The summed E-state index contributed by atoms with van der Waals surface area (Å²) in [5.74, 6) is -1.51. The smallest absolute Gasteiger partial charge is 0.336 e. The molecule has 10 heteroatoms. The van der Waals surface area contributed by atoms with Crippen LogP contribution < -0.4 is 5.48 Å². The number of aromatic carboxylic acids is 1. The van der Waals surface area contributed by atoms with E-state index in [9.17, 15) is 25.0 Å². The lowest BCUT2D eigenvalue weighted by molar-refractivity contribution is -0.392. The van der Waals surface area contributed by atoms with Gasteiger partial charge < -0.3 is 5.11 Å². The molecule has 0 aromatic heterocycles. The number of hydrogen-bond acceptors (Lipinski definition) is 7. The van der Waals surface area contributed by atoms with Crippen LogP contribution in [0.2, 0.25) is 0 Å². The molecule has 0 bridgehead atoms. The number of hydrogen-bond donors (Lipinski definition) is 2. The van der Waals surface area contributed by atoms with E-state index in [1.807, 2.05) is 0 Å². The van der Waals surface area contributed by atoms with Gasteiger partial charge in [-0.05, 0) is 6.92 Å². The second-order valence-corrected chi connectivity index (χ2v) is 3.24. The average molecular weight is 271 g/mol. The fraction of sp³-hybridized carbons (Fsp3) is 0.222. The first-order valence-corrected chi connectivity index (χ1v) is 4.96. The molecule has 0 spiro atoms. The van der Waals surface area contributed by atoms with Crippen molar-refractivity contribution >= 4 is 23.0 Å². The summed E-state index contributed by atoms with van der Waals surface area (Å²) in [4.78, 5) is 35.3. The van der Waals surface area contributed by atoms with Crippen LogP contribution in [0.5, 0.6) is 0 Å². The minimum atomic E-state index is -1.51. The second kappa shape index (κ2) is 5.73. The monoisotopic (exact) mass is 271 g/mol. The third-order valence-electron chi connectivity index (χ3n) is 2.06. The molecule has 1 aromatic rings. The number of carboxylic acids is 1. The van der Waals surface area contributed by atoms with Crippen molar-refractivity contribution < 1.29 is 24.6 Å². The predicted molar refractivity (Wildman–Crippen MR) is 62.0 cm³/mol. The maximum atomic E-state index is 10.8. The molecule has 0 heterocycles. The van der Waals surface area contributed by atoms with Gasteiger partial charge in [-0.2, -0.15) is 0 Å². The molecule has 1 rings (SSSR count). The van der Waals surface area contributed by atoms with Crippen LogP contribution in [0, 0.1) is 20.2 Å². The van der Waals surface area contributed by atoms with Gasteiger partial charge in [-0.1, -0.05) is 0 Å². The molecule has 2 N–H and O–H groups in total. The van der Waals surface area contributed by atoms with Crippen LogP contribution in [-0.2, 0) is 4.84 Å². The molecular weight excluding hydrogens is 262 g/mol. The molecule has 0 saturated heterocycles. The van der Waals surface area contributed by atoms with E-state index in [1.165, 1.54) is 0 Å². The number of nitrogens with zero attached hydrogens (tertiary/aromatic N) is 2. The zero-order chi connectivity index (χ0) is 14.6. The predicted octanol–water partition coefficient (Wildman–Crippen LogP) is 1.56. The number of nitro groups is 2. The molecule has 0 aliphatic rings. The van der Waals surface area contributed by atoms with Crippen molar-refractivity contribution in [2.45, 2.75) is 6.92 Å². The van der Waals surface area contributed by atoms with Crippen LogP contribution in [0.25, 0.3) is 0 Å². The minimum Gasteiger partial charge on any atom is -0.478 e. The molecule has 0 atom stereocenters. The summed E-state index contributed by atoms with van der Waals surface area (Å²) in [5, 5.41) is 30.4. The molecule has 1 aromatic carbocycles. The Morgan fingerprint density at radius 2 is 1.79 bits per heavy atom. The largest absolute Gasteiger partial charge is 0.478 e. The van der Waals surface area contributed by atoms with Crippen LogP contribution >= 0.6 is 0 Å². The molecule has 0 saturated carbocycles. The Labute approximate surface area is 105 Å². The highest BCUT2D eigenvalue weighted by Gasteiger charge is 2.28. The molecule has 0 radical (unpaired) electrons. The second-order valence-electron chi connectivity index (χ2n) is 3.24. The Hall–Kier alpha value is -2.75. The highest BCUT2D eigenvalue weighted by atomic mass is 16.7. The van der Waals surface area contributed by atoms with Crippen LogP contribution in [0.1, 0.15) is 17.3 Å². The van der Waals surface area contributed by atoms with E-state index in [-0.39, 0.29) is 6.61 Å². The van der Waals surface area contributed by atoms with Gasteiger partial charge >= 0.3 is 17.3 Å². The Balaban J connectivity index is 3.50. The third-order valence-corrected chi connectivity index (χ3v) is 2.06. The molecule has 10 nitrogen and oxygen atoms in total. The zero-order valence-electron chi connectivity index (χ0n) is 9.65. The number of carboxylic acid groups (broad SMARTS) is 1. The molecule has 0 aliphatic carbocycles. The van der Waals surface area contributed by atoms with E-state index in [4.69, 9.17) is 9.94 Å². The Kier molecular flexibility index (Phi) is 4.32. The lowest BCUT2D eigenvalue weighted by atomic mass is 10.1. The fourth-order valence-electron chi connectivity index (χ4n) is 1.27. The maximum Gasteiger partial charge on any atom is 0.336 e. The maximum absolute atomic E-state index is 10.8. The van der Waals surface area contributed by atoms with E-state index in [0.717, 1.165) is 12.1 Å². The van der Waals surface area contributed by atoms with Crippen molar-refractivity contribution in [3.63, 3.8) is 0 Å². The quantitative estimate of drug-likeness (QED) is 0.585. The van der Waals surface area contributed by atoms with E-state index >= 15 is 0 Å². The summed E-state index contributed by atoms with van der Waals surface area (Å²) in [5.41, 5.74) is -0.469. The molecule has 0 unspecified atom stereocenters. The molecule has 0 amide bonds. The van der Waals surface area contributed by atoms with Gasteiger partial charge in [0.15, 0.2) is 0 Å². The summed E-state index contributed by atoms with van der Waals surface area (Å²) in [6.07, 6.45) is 0. The van der Waals surface area contributed by atoms with Crippen molar-refractivity contribution in [3.05, 3.63) is 37.9 Å². The van der Waals surface area contributed by atoms with Gasteiger partial charge in [0.2, 0.25) is 5.69 Å². The number of nitro benzene ring substituents is 2. The van der Waals surface area contributed by atoms with Gasteiger partial charge in [-0.3, -0.25) is 30.5 Å². The third kappa shape index (κ3) is 3.13. The zero-order valence-corrected chi connectivity index (χ0v) is 9.65. The van der Waals surface area contributed by atoms with Crippen molar-refractivity contribution in [2.24, 2.45) is 0 Å². The van der Waals surface area contributed by atoms with Crippen LogP contribution in [0.4, 0.5) is 17.1 Å². The Morgan fingerprint density at radius 3 is 2.11 bits per heavy atom. The summed E-state index contributed by atoms with van der Waals surface area (Å²) in [7, 11) is 0. The molecule has 102 valence electrons. The first-order chi connectivity index (χ1) is 8.88. The number of rotatable bonds is 6. The van der Waals surface area contributed by atoms with Gasteiger partial charge in [0.05, 0.1) is 22.0 Å². The molecule has 0 fully saturated rings. The first-order valence-electron chi connectivity index (χ1n) is 4.96. The standard InChI is InChI=1S/C9H9N3O7/c1-2-19-10-8-6(11(15)16)3-5(9(13)14)4-7(8)12(17)18/h3-4,10H,2H2,1H3,(H,13,14). The van der Waals surface area contributed by atoms with Crippen molar-refractivity contribution in [2.75, 3.05) is 12.1 Å². The number of carbonyl (C=O) groups is 1. The molecule has 0 aliphatic heterocycles. The lowest BCUT2D eigenvalue weighted by Crippen LogP contribution is -2.08. The number of nitrogens with one attached hydrogen (secondary N) is 1. The van der Waals surface area contributed by atoms with E-state index in [1.54, 1.807) is 6.92 Å². The van der Waals surface area contributed by atoms with Crippen molar-refractivity contribution in [1.82, 2.24) is 0 Å². The fourth-order valence-corrected chi connectivity index (χ4v) is 1.27. The highest BCUT2D eigenvalue weighted by Crippen LogP contribution is 2.35. The van der Waals surface area contributed by atoms with Crippen LogP contribution in [0.3, 0.4) is 0 Å². The summed E-state index contributed by atoms with van der Waals surface area (Å²) >= 11 is 0. The van der Waals surface area contributed by atoms with Crippen molar-refractivity contribution in [1.29, 1.82) is 0 Å². The number of anilines is 1.